The molecule has 2 aromatic carbocycles. The molecule has 0 aromatic heterocycles. The van der Waals surface area contributed by atoms with E-state index in [4.69, 9.17) is 32.5 Å². The molecule has 0 unspecified atom stereocenters. The van der Waals surface area contributed by atoms with Crippen LogP contribution in [0.15, 0.2) is 52.4 Å². The molecule has 0 saturated heterocycles. The standard InChI is InChI=1S/C29H39ClIN7O7S/c1-44-25-13-6-19(30)17-23(25)26(39)34-16-14-18-4-11-22(12-5-18)46(42,43)38-29(41)36-20-7-9-21(10-8-20)45-27(40)24(32)3-2-15-35-28(33)37-31/h4-6,11-13,17,20-21,24H,2-3,7-10,14-16,32H2,1H3,(H,34,39)(H3,33,35,37)(H2,36,38,41)/t20?,21?,24-/m0/s1. The van der Waals surface area contributed by atoms with Crippen LogP contribution in [0.4, 0.5) is 4.79 Å². The Balaban J connectivity index is 1.38. The number of urea groups is 1. The van der Waals surface area contributed by atoms with Crippen molar-refractivity contribution in [3.05, 3.63) is 58.6 Å². The minimum atomic E-state index is -4.12. The van der Waals surface area contributed by atoms with E-state index in [1.807, 2.05) is 27.6 Å². The van der Waals surface area contributed by atoms with Crippen LogP contribution in [0, 0.1) is 0 Å². The van der Waals surface area contributed by atoms with Gasteiger partial charge in [0, 0.05) is 24.2 Å². The summed E-state index contributed by atoms with van der Waals surface area (Å²) in [5.74, 6) is -0.140. The lowest BCUT2D eigenvalue weighted by Crippen LogP contribution is -2.46. The first-order valence-corrected chi connectivity index (χ1v) is 17.5. The molecule has 0 radical (unpaired) electrons. The number of aliphatic imine (C=N–C) groups is 1. The molecule has 17 heteroatoms. The highest BCUT2D eigenvalue weighted by Crippen LogP contribution is 2.23. The smallest absolute Gasteiger partial charge is 0.328 e. The number of amides is 3. The van der Waals surface area contributed by atoms with E-state index in [1.165, 1.54) is 25.3 Å². The molecule has 8 N–H and O–H groups in total. The number of nitrogens with one attached hydrogen (secondary N) is 4. The Morgan fingerprint density at radius 2 is 1.80 bits per heavy atom. The van der Waals surface area contributed by atoms with Gasteiger partial charge in [-0.05, 0) is 80.8 Å². The number of nitrogens with zero attached hydrogens (tertiary/aromatic N) is 1. The first-order chi connectivity index (χ1) is 21.9. The van der Waals surface area contributed by atoms with Gasteiger partial charge >= 0.3 is 12.0 Å². The minimum Gasteiger partial charge on any atom is -0.496 e. The SMILES string of the molecule is COc1ccc(Cl)cc1C(=O)NCCc1ccc(S(=O)(=O)NC(=O)NC2CCC(OC(=O)[C@@H](N)CCCN=C(N)NI)CC2)cc1. The van der Waals surface area contributed by atoms with Crippen molar-refractivity contribution in [3.63, 3.8) is 0 Å². The van der Waals surface area contributed by atoms with E-state index in [2.05, 4.69) is 19.2 Å². The van der Waals surface area contributed by atoms with Gasteiger partial charge in [-0.2, -0.15) is 0 Å². The summed E-state index contributed by atoms with van der Waals surface area (Å²) >= 11 is 7.87. The van der Waals surface area contributed by atoms with E-state index < -0.39 is 28.1 Å². The third-order valence-electron chi connectivity index (χ3n) is 7.21. The number of nitrogens with two attached hydrogens (primary N) is 2. The zero-order valence-electron chi connectivity index (χ0n) is 25.3. The number of carbonyl (C=O) groups is 3. The predicted octanol–water partition coefficient (Wildman–Crippen LogP) is 2.53. The zero-order valence-corrected chi connectivity index (χ0v) is 29.0. The molecule has 1 aliphatic rings. The highest BCUT2D eigenvalue weighted by molar-refractivity contribution is 14.1. The minimum absolute atomic E-state index is 0.0806. The fraction of sp³-hybridized carbons (Fsp3) is 0.448. The molecular formula is C29H39ClIN7O7S. The van der Waals surface area contributed by atoms with E-state index >= 15 is 0 Å². The van der Waals surface area contributed by atoms with E-state index in [9.17, 15) is 22.8 Å². The highest BCUT2D eigenvalue weighted by atomic mass is 127. The van der Waals surface area contributed by atoms with Gasteiger partial charge in [-0.15, -0.1) is 0 Å². The monoisotopic (exact) mass is 791 g/mol. The van der Waals surface area contributed by atoms with Crippen molar-refractivity contribution in [1.82, 2.24) is 18.9 Å². The Morgan fingerprint density at radius 1 is 1.11 bits per heavy atom. The number of carbonyl (C=O) groups excluding carboxylic acids is 3. The maximum absolute atomic E-state index is 12.8. The number of hydrogen-bond donors (Lipinski definition) is 6. The molecule has 46 heavy (non-hydrogen) atoms. The maximum atomic E-state index is 12.8. The highest BCUT2D eigenvalue weighted by Gasteiger charge is 2.28. The molecule has 3 amide bonds. The third kappa shape index (κ3) is 11.8. The lowest BCUT2D eigenvalue weighted by atomic mass is 9.93. The molecule has 2 aromatic rings. The van der Waals surface area contributed by atoms with Gasteiger partial charge in [0.2, 0.25) is 0 Å². The molecule has 3 rings (SSSR count). The Kier molecular flexibility index (Phi) is 14.6. The molecule has 0 spiro atoms. The Morgan fingerprint density at radius 3 is 2.46 bits per heavy atom. The summed E-state index contributed by atoms with van der Waals surface area (Å²) in [6, 6.07) is 8.86. The van der Waals surface area contributed by atoms with Crippen LogP contribution < -0.4 is 35.1 Å². The molecule has 0 bridgehead atoms. The average Bonchev–Trinajstić information content (AvgIpc) is 3.03. The number of halogens is 2. The predicted molar refractivity (Wildman–Crippen MR) is 182 cm³/mol. The molecule has 252 valence electrons. The van der Waals surface area contributed by atoms with Gasteiger partial charge in [-0.3, -0.25) is 18.1 Å². The second kappa shape index (κ2) is 18.1. The Hall–Kier alpha value is -3.35. The summed E-state index contributed by atoms with van der Waals surface area (Å²) in [4.78, 5) is 41.4. The second-order valence-electron chi connectivity index (χ2n) is 10.6. The number of methoxy groups -OCH3 is 1. The normalized spacial score (nSPS) is 17.3. The quantitative estimate of drug-likeness (QED) is 0.0411. The second-order valence-corrected chi connectivity index (χ2v) is 13.3. The van der Waals surface area contributed by atoms with Crippen molar-refractivity contribution in [2.24, 2.45) is 16.5 Å². The molecule has 14 nitrogen and oxygen atoms in total. The van der Waals surface area contributed by atoms with Gasteiger partial charge in [-0.1, -0.05) is 23.7 Å². The van der Waals surface area contributed by atoms with Crippen molar-refractivity contribution in [1.29, 1.82) is 0 Å². The van der Waals surface area contributed by atoms with Crippen molar-refractivity contribution < 1.29 is 32.3 Å². The average molecular weight is 792 g/mol. The van der Waals surface area contributed by atoms with E-state index in [-0.39, 0.29) is 29.5 Å². The van der Waals surface area contributed by atoms with Crippen molar-refractivity contribution in [2.45, 2.75) is 68.0 Å². The van der Waals surface area contributed by atoms with Gasteiger partial charge in [0.05, 0.1) is 40.4 Å². The van der Waals surface area contributed by atoms with Crippen molar-refractivity contribution in [2.75, 3.05) is 20.2 Å². The van der Waals surface area contributed by atoms with Crippen LogP contribution in [0.2, 0.25) is 5.02 Å². The number of sulfonamides is 1. The summed E-state index contributed by atoms with van der Waals surface area (Å²) in [5.41, 5.74) is 12.6. The fourth-order valence-corrected chi connectivity index (χ4v) is 6.00. The summed E-state index contributed by atoms with van der Waals surface area (Å²) < 4.78 is 41.0. The van der Waals surface area contributed by atoms with Gasteiger partial charge in [0.1, 0.15) is 17.9 Å². The Labute approximate surface area is 287 Å². The van der Waals surface area contributed by atoms with Gasteiger partial charge in [-0.25, -0.2) is 17.9 Å². The first kappa shape index (κ1) is 37.1. The van der Waals surface area contributed by atoms with Crippen LogP contribution in [-0.2, 0) is 26.0 Å². The van der Waals surface area contributed by atoms with Crippen LogP contribution in [0.1, 0.15) is 54.4 Å². The summed E-state index contributed by atoms with van der Waals surface area (Å²) in [6.45, 7) is 0.727. The van der Waals surface area contributed by atoms with E-state index in [1.54, 1.807) is 24.3 Å². The van der Waals surface area contributed by atoms with Crippen molar-refractivity contribution >= 4 is 68.4 Å². The van der Waals surface area contributed by atoms with Crippen LogP contribution >= 0.6 is 34.5 Å². The number of esters is 1. The van der Waals surface area contributed by atoms with Gasteiger partial charge in [0.15, 0.2) is 5.96 Å². The molecule has 0 aliphatic heterocycles. The molecule has 0 heterocycles. The molecule has 1 saturated carbocycles. The molecule has 1 fully saturated rings. The van der Waals surface area contributed by atoms with E-state index in [0.717, 1.165) is 5.56 Å². The number of benzene rings is 2. The largest absolute Gasteiger partial charge is 0.496 e. The molecular weight excluding hydrogens is 753 g/mol. The number of hydrogen-bond acceptors (Lipinski definition) is 9. The van der Waals surface area contributed by atoms with Gasteiger partial charge < -0.3 is 31.6 Å². The zero-order chi connectivity index (χ0) is 33.7. The lowest BCUT2D eigenvalue weighted by molar-refractivity contribution is -0.152. The Bertz CT molecular complexity index is 1490. The number of ether oxygens (including phenoxy) is 2. The lowest BCUT2D eigenvalue weighted by Gasteiger charge is -2.29. The summed E-state index contributed by atoms with van der Waals surface area (Å²) in [5, 5.41) is 5.88. The van der Waals surface area contributed by atoms with E-state index in [0.29, 0.717) is 73.8 Å². The topological polar surface area (TPSA) is 216 Å². The van der Waals surface area contributed by atoms with Gasteiger partial charge in [0.25, 0.3) is 15.9 Å². The number of guanidine groups is 1. The van der Waals surface area contributed by atoms with Crippen LogP contribution in [-0.4, -0.2) is 70.7 Å². The number of rotatable bonds is 14. The van der Waals surface area contributed by atoms with Crippen LogP contribution in [0.5, 0.6) is 5.75 Å². The van der Waals surface area contributed by atoms with Crippen LogP contribution in [0.25, 0.3) is 0 Å². The summed E-state index contributed by atoms with van der Waals surface area (Å²) in [6.07, 6.45) is 3.13. The van der Waals surface area contributed by atoms with Crippen molar-refractivity contribution in [3.8, 4) is 5.75 Å². The molecule has 1 atom stereocenters. The third-order valence-corrected chi connectivity index (χ3v) is 9.35. The summed E-state index contributed by atoms with van der Waals surface area (Å²) in [7, 11) is -2.66. The van der Waals surface area contributed by atoms with Crippen LogP contribution in [0.3, 0.4) is 0 Å². The first-order valence-electron chi connectivity index (χ1n) is 14.6. The molecule has 1 aliphatic carbocycles. The fourth-order valence-electron chi connectivity index (χ4n) is 4.74. The maximum Gasteiger partial charge on any atom is 0.328 e.